The molecule has 0 amide bonds. The lowest BCUT2D eigenvalue weighted by Gasteiger charge is -2.09. The smallest absolute Gasteiger partial charge is 0.324 e. The Hall–Kier alpha value is -3.23. The Morgan fingerprint density at radius 1 is 1.19 bits per heavy atom. The van der Waals surface area contributed by atoms with Gasteiger partial charge in [0.2, 0.25) is 0 Å². The average molecular weight is 423 g/mol. The number of carbonyl (C=O) groups is 1. The van der Waals surface area contributed by atoms with E-state index in [0.717, 1.165) is 23.3 Å². The van der Waals surface area contributed by atoms with Gasteiger partial charge in [0.05, 0.1) is 0 Å². The lowest BCUT2D eigenvalue weighted by Crippen LogP contribution is -2.37. The highest BCUT2D eigenvalue weighted by Crippen LogP contribution is 2.33. The number of fused-ring (bicyclic) bond motifs is 1. The Morgan fingerprint density at radius 3 is 2.87 bits per heavy atom. The summed E-state index contributed by atoms with van der Waals surface area (Å²) in [6, 6.07) is 13.3. The topological polar surface area (TPSA) is 85.6 Å². The van der Waals surface area contributed by atoms with Gasteiger partial charge in [-0.05, 0) is 42.7 Å². The third-order valence-electron chi connectivity index (χ3n) is 5.57. The maximum absolute atomic E-state index is 13.1. The van der Waals surface area contributed by atoms with Crippen molar-refractivity contribution in [2.75, 3.05) is 0 Å². The van der Waals surface area contributed by atoms with Gasteiger partial charge in [0, 0.05) is 24.1 Å². The molecule has 8 heteroatoms. The third kappa shape index (κ3) is 4.17. The first-order chi connectivity index (χ1) is 15.0. The highest BCUT2D eigenvalue weighted by Gasteiger charge is 2.31. The molecular formula is C23H22FN3O4. The summed E-state index contributed by atoms with van der Waals surface area (Å²) in [5, 5.41) is 4.01. The van der Waals surface area contributed by atoms with Gasteiger partial charge in [0.1, 0.15) is 36.0 Å². The van der Waals surface area contributed by atoms with Crippen LogP contribution in [-0.2, 0) is 22.6 Å². The Balaban J connectivity index is 1.17. The van der Waals surface area contributed by atoms with Crippen molar-refractivity contribution in [2.45, 2.75) is 44.6 Å². The van der Waals surface area contributed by atoms with Gasteiger partial charge >= 0.3 is 5.97 Å². The van der Waals surface area contributed by atoms with Crippen molar-refractivity contribution in [3.05, 3.63) is 71.2 Å². The van der Waals surface area contributed by atoms with Gasteiger partial charge in [0.25, 0.3) is 0 Å². The van der Waals surface area contributed by atoms with Crippen LogP contribution in [0, 0.1) is 5.82 Å². The van der Waals surface area contributed by atoms with Gasteiger partial charge in [0.15, 0.2) is 5.76 Å². The first kappa shape index (κ1) is 19.7. The zero-order chi connectivity index (χ0) is 21.4. The van der Waals surface area contributed by atoms with Crippen molar-refractivity contribution < 1.29 is 23.2 Å². The van der Waals surface area contributed by atoms with E-state index in [4.69, 9.17) is 14.0 Å². The molecule has 1 aromatic heterocycles. The molecule has 0 saturated carbocycles. The van der Waals surface area contributed by atoms with Crippen LogP contribution >= 0.6 is 0 Å². The Bertz CT molecular complexity index is 1100. The maximum atomic E-state index is 13.1. The lowest BCUT2D eigenvalue weighted by atomic mass is 10.0. The van der Waals surface area contributed by atoms with Gasteiger partial charge in [-0.15, -0.1) is 0 Å². The number of hydrazine groups is 1. The number of esters is 1. The van der Waals surface area contributed by atoms with Crippen molar-refractivity contribution in [3.63, 3.8) is 0 Å². The molecule has 0 radical (unpaired) electrons. The summed E-state index contributed by atoms with van der Waals surface area (Å²) in [7, 11) is 0. The average Bonchev–Trinajstić information content (AvgIpc) is 3.50. The molecule has 0 bridgehead atoms. The zero-order valence-electron chi connectivity index (χ0n) is 16.9. The van der Waals surface area contributed by atoms with Crippen molar-refractivity contribution in [1.29, 1.82) is 0 Å². The van der Waals surface area contributed by atoms with Crippen molar-refractivity contribution in [1.82, 2.24) is 16.0 Å². The predicted molar refractivity (Wildman–Crippen MR) is 109 cm³/mol. The van der Waals surface area contributed by atoms with Crippen LogP contribution in [0.1, 0.15) is 36.2 Å². The number of ether oxygens (including phenoxy) is 2. The van der Waals surface area contributed by atoms with E-state index in [1.54, 1.807) is 18.2 Å². The largest absolute Gasteiger partial charge is 0.490 e. The molecule has 0 aliphatic carbocycles. The zero-order valence-corrected chi connectivity index (χ0v) is 16.9. The van der Waals surface area contributed by atoms with E-state index in [9.17, 15) is 9.18 Å². The number of aromatic nitrogens is 1. The molecule has 0 spiro atoms. The molecular weight excluding hydrogens is 401 g/mol. The second-order valence-electron chi connectivity index (χ2n) is 7.93. The summed E-state index contributed by atoms with van der Waals surface area (Å²) >= 11 is 0. The van der Waals surface area contributed by atoms with Gasteiger partial charge in [-0.25, -0.2) is 15.2 Å². The second kappa shape index (κ2) is 8.13. The van der Waals surface area contributed by atoms with E-state index in [1.807, 2.05) is 25.1 Å². The summed E-state index contributed by atoms with van der Waals surface area (Å²) in [5.41, 5.74) is 9.46. The predicted octanol–water partition coefficient (Wildman–Crippen LogP) is 3.46. The summed E-state index contributed by atoms with van der Waals surface area (Å²) in [6.45, 7) is 2.05. The fourth-order valence-electron chi connectivity index (χ4n) is 3.94. The Labute approximate surface area is 178 Å². The summed E-state index contributed by atoms with van der Waals surface area (Å²) in [4.78, 5) is 12.4. The first-order valence-electron chi connectivity index (χ1n) is 10.2. The minimum Gasteiger partial charge on any atom is -0.490 e. The van der Waals surface area contributed by atoms with Crippen molar-refractivity contribution in [2.24, 2.45) is 0 Å². The number of rotatable bonds is 5. The summed E-state index contributed by atoms with van der Waals surface area (Å²) in [5.74, 6) is 0.778. The van der Waals surface area contributed by atoms with Crippen molar-refractivity contribution >= 4 is 5.97 Å². The van der Waals surface area contributed by atoms with E-state index >= 15 is 0 Å². The Kier molecular flexibility index (Phi) is 5.17. The number of hydrogen-bond acceptors (Lipinski definition) is 7. The number of halogens is 1. The van der Waals surface area contributed by atoms with Crippen LogP contribution in [0.4, 0.5) is 4.39 Å². The fraction of sp³-hybridized carbons (Fsp3) is 0.304. The van der Waals surface area contributed by atoms with Crippen LogP contribution in [0.2, 0.25) is 0 Å². The molecule has 3 aromatic rings. The van der Waals surface area contributed by atoms with E-state index < -0.39 is 6.04 Å². The molecule has 1 saturated heterocycles. The van der Waals surface area contributed by atoms with Crippen LogP contribution < -0.4 is 15.6 Å². The monoisotopic (exact) mass is 423 g/mol. The minimum absolute atomic E-state index is 0.0141. The highest BCUT2D eigenvalue weighted by molar-refractivity contribution is 5.76. The molecule has 2 N–H and O–H groups in total. The Morgan fingerprint density at radius 2 is 2.03 bits per heavy atom. The van der Waals surface area contributed by atoms with E-state index in [-0.39, 0.29) is 30.5 Å². The van der Waals surface area contributed by atoms with Crippen molar-refractivity contribution in [3.8, 4) is 17.1 Å². The normalized spacial score (nSPS) is 22.2. The first-order valence-corrected chi connectivity index (χ1v) is 10.2. The number of nitrogens with zero attached hydrogens (tertiary/aromatic N) is 1. The minimum atomic E-state index is -0.503. The number of nitrogens with one attached hydrogen (secondary N) is 2. The standard InChI is InChI=1S/C23H22FN3O4/c1-13-8-15-2-3-16(9-21(15)30-13)22-10-18(27-31-22)12-29-23(28)20-11-19(25-26-20)14-4-6-17(24)7-5-14/h2-7,9-10,13,19-20,25-26H,8,11-12H2,1H3. The molecule has 3 atom stereocenters. The second-order valence-corrected chi connectivity index (χ2v) is 7.93. The molecule has 160 valence electrons. The molecule has 3 heterocycles. The molecule has 31 heavy (non-hydrogen) atoms. The number of hydrogen-bond donors (Lipinski definition) is 2. The van der Waals surface area contributed by atoms with Gasteiger partial charge in [-0.3, -0.25) is 4.79 Å². The van der Waals surface area contributed by atoms with Crippen LogP contribution in [0.3, 0.4) is 0 Å². The van der Waals surface area contributed by atoms with Crippen LogP contribution in [-0.4, -0.2) is 23.3 Å². The van der Waals surface area contributed by atoms with Gasteiger partial charge in [-0.1, -0.05) is 29.4 Å². The number of carbonyl (C=O) groups excluding carboxylic acids is 1. The fourth-order valence-corrected chi connectivity index (χ4v) is 3.94. The van der Waals surface area contributed by atoms with Crippen LogP contribution in [0.15, 0.2) is 53.1 Å². The molecule has 3 unspecified atom stereocenters. The summed E-state index contributed by atoms with van der Waals surface area (Å²) < 4.78 is 29.7. The molecule has 7 nitrogen and oxygen atoms in total. The van der Waals surface area contributed by atoms with E-state index in [0.29, 0.717) is 17.9 Å². The molecule has 2 aromatic carbocycles. The SMILES string of the molecule is CC1Cc2ccc(-c3cc(COC(=O)C4CC(c5ccc(F)cc5)NN4)no3)cc2O1. The molecule has 2 aliphatic rings. The van der Waals surface area contributed by atoms with E-state index in [1.165, 1.54) is 17.7 Å². The number of benzene rings is 2. The molecule has 1 fully saturated rings. The van der Waals surface area contributed by atoms with Crippen LogP contribution in [0.5, 0.6) is 5.75 Å². The van der Waals surface area contributed by atoms with Gasteiger partial charge in [-0.2, -0.15) is 0 Å². The van der Waals surface area contributed by atoms with E-state index in [2.05, 4.69) is 16.0 Å². The molecule has 5 rings (SSSR count). The van der Waals surface area contributed by atoms with Crippen LogP contribution in [0.25, 0.3) is 11.3 Å². The van der Waals surface area contributed by atoms with Gasteiger partial charge < -0.3 is 14.0 Å². The third-order valence-corrected chi connectivity index (χ3v) is 5.57. The maximum Gasteiger partial charge on any atom is 0.324 e. The quantitative estimate of drug-likeness (QED) is 0.608. The summed E-state index contributed by atoms with van der Waals surface area (Å²) in [6.07, 6.45) is 1.58. The molecule has 2 aliphatic heterocycles. The lowest BCUT2D eigenvalue weighted by molar-refractivity contribution is -0.147. The highest BCUT2D eigenvalue weighted by atomic mass is 19.1.